The van der Waals surface area contributed by atoms with Crippen LogP contribution in [0.2, 0.25) is 0 Å². The van der Waals surface area contributed by atoms with E-state index >= 15 is 0 Å². The fourth-order valence-electron chi connectivity index (χ4n) is 3.41. The lowest BCUT2D eigenvalue weighted by atomic mass is 9.87. The number of nitrogens with two attached hydrogens (primary N) is 1. The molecule has 106 valence electrons. The van der Waals surface area contributed by atoms with Gasteiger partial charge < -0.3 is 10.6 Å². The minimum atomic E-state index is -0.330. The van der Waals surface area contributed by atoms with Crippen LogP contribution in [0, 0.1) is 0 Å². The van der Waals surface area contributed by atoms with Crippen molar-refractivity contribution in [1.29, 1.82) is 0 Å². The van der Waals surface area contributed by atoms with Gasteiger partial charge >= 0.3 is 6.03 Å². The van der Waals surface area contributed by atoms with Gasteiger partial charge in [-0.25, -0.2) is 4.79 Å². The topological polar surface area (TPSA) is 58.7 Å². The van der Waals surface area contributed by atoms with Crippen LogP contribution in [0.3, 0.4) is 0 Å². The van der Waals surface area contributed by atoms with Crippen LogP contribution in [0.4, 0.5) is 4.79 Å². The SMILES string of the molecule is NC1=NC(=O)N(Cc2ccccc2)C12CCCCCC2. The molecule has 0 radical (unpaired) electrons. The highest BCUT2D eigenvalue weighted by Crippen LogP contribution is 2.37. The maximum Gasteiger partial charge on any atom is 0.346 e. The van der Waals surface area contributed by atoms with Gasteiger partial charge in [-0.15, -0.1) is 0 Å². The van der Waals surface area contributed by atoms with Crippen LogP contribution in [0.5, 0.6) is 0 Å². The van der Waals surface area contributed by atoms with E-state index < -0.39 is 0 Å². The third-order valence-corrected chi connectivity index (χ3v) is 4.55. The van der Waals surface area contributed by atoms with Crippen molar-refractivity contribution < 1.29 is 4.79 Å². The maximum atomic E-state index is 12.2. The molecule has 20 heavy (non-hydrogen) atoms. The zero-order chi connectivity index (χ0) is 14.0. The minimum absolute atomic E-state index is 0.173. The molecule has 1 aromatic carbocycles. The molecule has 0 bridgehead atoms. The van der Waals surface area contributed by atoms with Gasteiger partial charge in [0.15, 0.2) is 0 Å². The summed E-state index contributed by atoms with van der Waals surface area (Å²) in [5.74, 6) is 0.528. The highest BCUT2D eigenvalue weighted by molar-refractivity contribution is 6.05. The Labute approximate surface area is 119 Å². The summed E-state index contributed by atoms with van der Waals surface area (Å²) < 4.78 is 0. The highest BCUT2D eigenvalue weighted by atomic mass is 16.2. The van der Waals surface area contributed by atoms with E-state index in [1.165, 1.54) is 12.8 Å². The lowest BCUT2D eigenvalue weighted by molar-refractivity contribution is 0.155. The fourth-order valence-corrected chi connectivity index (χ4v) is 3.41. The maximum absolute atomic E-state index is 12.2. The molecule has 0 unspecified atom stereocenters. The zero-order valence-electron chi connectivity index (χ0n) is 11.7. The first-order valence-electron chi connectivity index (χ1n) is 7.42. The van der Waals surface area contributed by atoms with Gasteiger partial charge in [-0.2, -0.15) is 4.99 Å². The Hall–Kier alpha value is -1.84. The van der Waals surface area contributed by atoms with Crippen molar-refractivity contribution in [1.82, 2.24) is 4.90 Å². The summed E-state index contributed by atoms with van der Waals surface area (Å²) in [5.41, 5.74) is 6.94. The van der Waals surface area contributed by atoms with Crippen LogP contribution in [-0.4, -0.2) is 22.3 Å². The number of nitrogens with zero attached hydrogens (tertiary/aromatic N) is 2. The van der Waals surface area contributed by atoms with Crippen molar-refractivity contribution >= 4 is 11.9 Å². The van der Waals surface area contributed by atoms with Crippen LogP contribution < -0.4 is 5.73 Å². The summed E-state index contributed by atoms with van der Waals surface area (Å²) in [5, 5.41) is 0. The van der Waals surface area contributed by atoms with E-state index in [2.05, 4.69) is 4.99 Å². The number of amides is 2. The summed E-state index contributed by atoms with van der Waals surface area (Å²) in [4.78, 5) is 18.2. The Bertz CT molecular complexity index is 516. The van der Waals surface area contributed by atoms with E-state index in [1.807, 2.05) is 35.2 Å². The predicted octanol–water partition coefficient (Wildman–Crippen LogP) is 3.07. The van der Waals surface area contributed by atoms with E-state index in [-0.39, 0.29) is 11.6 Å². The van der Waals surface area contributed by atoms with Gasteiger partial charge in [-0.05, 0) is 18.4 Å². The minimum Gasteiger partial charge on any atom is -0.385 e. The number of amidine groups is 1. The average Bonchev–Trinajstić information content (AvgIpc) is 2.66. The molecule has 2 N–H and O–H groups in total. The van der Waals surface area contributed by atoms with E-state index in [1.54, 1.807) is 0 Å². The number of hydrogen-bond donors (Lipinski definition) is 1. The third-order valence-electron chi connectivity index (χ3n) is 4.55. The molecule has 4 nitrogen and oxygen atoms in total. The Morgan fingerprint density at radius 3 is 2.40 bits per heavy atom. The Kier molecular flexibility index (Phi) is 3.47. The molecule has 1 saturated carbocycles. The summed E-state index contributed by atoms with van der Waals surface area (Å²) in [6, 6.07) is 9.91. The first-order chi connectivity index (χ1) is 9.72. The number of rotatable bonds is 2. The summed E-state index contributed by atoms with van der Waals surface area (Å²) in [6.07, 6.45) is 6.58. The molecule has 1 spiro atoms. The molecule has 2 aliphatic rings. The predicted molar refractivity (Wildman–Crippen MR) is 79.4 cm³/mol. The van der Waals surface area contributed by atoms with Crippen LogP contribution in [0.1, 0.15) is 44.1 Å². The average molecular weight is 271 g/mol. The monoisotopic (exact) mass is 271 g/mol. The number of urea groups is 1. The first-order valence-corrected chi connectivity index (χ1v) is 7.42. The molecule has 1 aliphatic heterocycles. The van der Waals surface area contributed by atoms with Gasteiger partial charge in [0, 0.05) is 6.54 Å². The molecule has 0 atom stereocenters. The van der Waals surface area contributed by atoms with E-state index in [0.717, 1.165) is 31.2 Å². The van der Waals surface area contributed by atoms with E-state index in [0.29, 0.717) is 12.4 Å². The molecule has 2 amide bonds. The summed E-state index contributed by atoms with van der Waals surface area (Å²) >= 11 is 0. The van der Waals surface area contributed by atoms with Gasteiger partial charge in [0.2, 0.25) is 0 Å². The van der Waals surface area contributed by atoms with Crippen LogP contribution >= 0.6 is 0 Å². The zero-order valence-corrected chi connectivity index (χ0v) is 11.7. The van der Waals surface area contributed by atoms with E-state index in [4.69, 9.17) is 5.73 Å². The third kappa shape index (κ3) is 2.19. The van der Waals surface area contributed by atoms with Gasteiger partial charge in [0.05, 0.1) is 0 Å². The molecular formula is C16H21N3O. The van der Waals surface area contributed by atoms with Crippen molar-refractivity contribution in [2.75, 3.05) is 0 Å². The Balaban J connectivity index is 1.89. The standard InChI is InChI=1S/C16H21N3O/c17-14-16(10-6-1-2-7-11-16)19(15(20)18-14)12-13-8-4-3-5-9-13/h3-5,8-9H,1-2,6-7,10-12H2,(H2,17,18,20). The van der Waals surface area contributed by atoms with Crippen LogP contribution in [-0.2, 0) is 6.54 Å². The van der Waals surface area contributed by atoms with Crippen molar-refractivity contribution in [2.24, 2.45) is 10.7 Å². The molecule has 1 aromatic rings. The second-order valence-electron chi connectivity index (χ2n) is 5.80. The second kappa shape index (κ2) is 5.27. The molecule has 0 saturated heterocycles. The molecular weight excluding hydrogens is 250 g/mol. The first kappa shape index (κ1) is 13.2. The van der Waals surface area contributed by atoms with Gasteiger partial charge in [-0.3, -0.25) is 0 Å². The molecule has 0 aromatic heterocycles. The number of hydrogen-bond acceptors (Lipinski definition) is 2. The molecule has 4 heteroatoms. The van der Waals surface area contributed by atoms with Crippen molar-refractivity contribution in [3.05, 3.63) is 35.9 Å². The van der Waals surface area contributed by atoms with Gasteiger partial charge in [0.1, 0.15) is 11.4 Å². The number of aliphatic imine (C=N–C) groups is 1. The second-order valence-corrected chi connectivity index (χ2v) is 5.80. The molecule has 3 rings (SSSR count). The fraction of sp³-hybridized carbons (Fsp3) is 0.500. The normalized spacial score (nSPS) is 21.9. The van der Waals surface area contributed by atoms with Crippen LogP contribution in [0.25, 0.3) is 0 Å². The lowest BCUT2D eigenvalue weighted by Gasteiger charge is -2.37. The lowest BCUT2D eigenvalue weighted by Crippen LogP contribution is -2.53. The van der Waals surface area contributed by atoms with Crippen molar-refractivity contribution in [2.45, 2.75) is 50.6 Å². The summed E-state index contributed by atoms with van der Waals surface area (Å²) in [6.45, 7) is 0.601. The Morgan fingerprint density at radius 2 is 1.75 bits per heavy atom. The van der Waals surface area contributed by atoms with Gasteiger partial charge in [0.25, 0.3) is 0 Å². The van der Waals surface area contributed by atoms with Crippen molar-refractivity contribution in [3.63, 3.8) is 0 Å². The summed E-state index contributed by atoms with van der Waals surface area (Å²) in [7, 11) is 0. The van der Waals surface area contributed by atoms with Gasteiger partial charge in [-0.1, -0.05) is 56.0 Å². The van der Waals surface area contributed by atoms with E-state index in [9.17, 15) is 4.79 Å². The smallest absolute Gasteiger partial charge is 0.346 e. The molecule has 1 fully saturated rings. The Morgan fingerprint density at radius 1 is 1.10 bits per heavy atom. The van der Waals surface area contributed by atoms with Crippen molar-refractivity contribution in [3.8, 4) is 0 Å². The number of carbonyl (C=O) groups excluding carboxylic acids is 1. The number of carbonyl (C=O) groups is 1. The van der Waals surface area contributed by atoms with Crippen LogP contribution in [0.15, 0.2) is 35.3 Å². The molecule has 1 aliphatic carbocycles. The largest absolute Gasteiger partial charge is 0.385 e. The molecule has 1 heterocycles. The highest BCUT2D eigenvalue weighted by Gasteiger charge is 2.47. The number of benzene rings is 1. The quantitative estimate of drug-likeness (QED) is 0.898.